The second-order valence-electron chi connectivity index (χ2n) is 27.0. The van der Waals surface area contributed by atoms with Crippen LogP contribution in [0.15, 0.2) is 158 Å². The van der Waals surface area contributed by atoms with Crippen molar-refractivity contribution in [2.45, 2.75) is 328 Å². The molecule has 0 bridgehead atoms. The Morgan fingerprint density at radius 1 is 0.323 bits per heavy atom. The van der Waals surface area contributed by atoms with Gasteiger partial charge in [0.05, 0.1) is 27.7 Å². The molecule has 0 heterocycles. The molecule has 9 nitrogen and oxygen atoms in total. The number of esters is 2. The number of carbonyl (C=O) groups is 2. The summed E-state index contributed by atoms with van der Waals surface area (Å²) in [6.45, 7) is 4.23. The van der Waals surface area contributed by atoms with E-state index in [1.54, 1.807) is 0 Å². The first-order chi connectivity index (χ1) is 47.0. The molecule has 0 aliphatic heterocycles. The average Bonchev–Trinajstić information content (AvgIpc) is 2.54. The molecular formula is C86H147NO8P+. The SMILES string of the molecule is CC/C=C\C/C=C\C/C=C\C/C=C\C/C=C\C/C=C\C/C=C\C/C=C\CCCCCCCCCCCCCCCCCCC(=O)OC(COC(=O)CCCCCCCCCCCCCCCCC/C=C\C/C=C\C/C=C\C/C=C\C/C=C\CC)COP(=O)(O)OCC[N+](C)(C)C. The first-order valence-corrected chi connectivity index (χ1v) is 40.7. The van der Waals surface area contributed by atoms with E-state index < -0.39 is 26.5 Å². The molecule has 2 atom stereocenters. The smallest absolute Gasteiger partial charge is 0.462 e. The average molecular weight is 1350 g/mol. The number of phosphoric acid groups is 1. The van der Waals surface area contributed by atoms with Gasteiger partial charge in [-0.3, -0.25) is 18.6 Å². The zero-order chi connectivity index (χ0) is 69.7. The molecule has 0 spiro atoms. The monoisotopic (exact) mass is 1350 g/mol. The predicted molar refractivity (Wildman–Crippen MR) is 417 cm³/mol. The van der Waals surface area contributed by atoms with Crippen molar-refractivity contribution in [3.05, 3.63) is 158 Å². The largest absolute Gasteiger partial charge is 0.472 e. The second kappa shape index (κ2) is 74.8. The number of quaternary nitrogens is 1. The van der Waals surface area contributed by atoms with E-state index in [9.17, 15) is 19.0 Å². The third kappa shape index (κ3) is 78.6. The lowest BCUT2D eigenvalue weighted by Gasteiger charge is -2.24. The lowest BCUT2D eigenvalue weighted by molar-refractivity contribution is -0.870. The molecule has 0 aromatic carbocycles. The van der Waals surface area contributed by atoms with E-state index in [1.807, 2.05) is 21.1 Å². The molecular weight excluding hydrogens is 1210 g/mol. The van der Waals surface area contributed by atoms with Gasteiger partial charge >= 0.3 is 19.8 Å². The summed E-state index contributed by atoms with van der Waals surface area (Å²) in [4.78, 5) is 36.0. The summed E-state index contributed by atoms with van der Waals surface area (Å²) < 4.78 is 34.8. The molecule has 2 unspecified atom stereocenters. The molecule has 0 fully saturated rings. The van der Waals surface area contributed by atoms with E-state index in [4.69, 9.17) is 18.5 Å². The molecule has 0 aromatic rings. The summed E-state index contributed by atoms with van der Waals surface area (Å²) in [5.74, 6) is -0.793. The zero-order valence-corrected chi connectivity index (χ0v) is 63.5. The van der Waals surface area contributed by atoms with Gasteiger partial charge in [-0.1, -0.05) is 345 Å². The van der Waals surface area contributed by atoms with Crippen molar-refractivity contribution >= 4 is 19.8 Å². The number of unbranched alkanes of at least 4 members (excludes halogenated alkanes) is 31. The van der Waals surface area contributed by atoms with Crippen molar-refractivity contribution in [2.24, 2.45) is 0 Å². The fourth-order valence-electron chi connectivity index (χ4n) is 10.6. The molecule has 0 radical (unpaired) electrons. The normalized spacial score (nSPS) is 13.9. The van der Waals surface area contributed by atoms with Crippen LogP contribution in [0, 0.1) is 0 Å². The van der Waals surface area contributed by atoms with Gasteiger partial charge in [0.2, 0.25) is 0 Å². The van der Waals surface area contributed by atoms with E-state index in [1.165, 1.54) is 167 Å². The van der Waals surface area contributed by atoms with Crippen LogP contribution >= 0.6 is 7.82 Å². The highest BCUT2D eigenvalue weighted by atomic mass is 31.2. The molecule has 0 saturated carbocycles. The molecule has 0 aromatic heterocycles. The number of ether oxygens (including phenoxy) is 2. The van der Waals surface area contributed by atoms with Crippen LogP contribution < -0.4 is 0 Å². The van der Waals surface area contributed by atoms with Crippen molar-refractivity contribution < 1.29 is 42.1 Å². The van der Waals surface area contributed by atoms with E-state index in [-0.39, 0.29) is 32.0 Å². The maximum atomic E-state index is 12.9. The Morgan fingerprint density at radius 3 is 0.833 bits per heavy atom. The van der Waals surface area contributed by atoms with Gasteiger partial charge in [-0.25, -0.2) is 4.57 Å². The quantitative estimate of drug-likeness (QED) is 0.0211. The van der Waals surface area contributed by atoms with Crippen LogP contribution in [0.4, 0.5) is 0 Å². The highest BCUT2D eigenvalue weighted by molar-refractivity contribution is 7.47. The summed E-state index contributed by atoms with van der Waals surface area (Å²) >= 11 is 0. The summed E-state index contributed by atoms with van der Waals surface area (Å²) in [5, 5.41) is 0. The number of likely N-dealkylation sites (N-methyl/N-ethyl adjacent to an activating group) is 1. The van der Waals surface area contributed by atoms with Crippen LogP contribution in [0.2, 0.25) is 0 Å². The molecule has 0 amide bonds. The first kappa shape index (κ1) is 91.6. The Morgan fingerprint density at radius 2 is 0.562 bits per heavy atom. The number of carbonyl (C=O) groups excluding carboxylic acids is 2. The number of allylic oxidation sites excluding steroid dienone is 26. The number of nitrogens with zero attached hydrogens (tertiary/aromatic N) is 1. The zero-order valence-electron chi connectivity index (χ0n) is 62.6. The Hall–Kier alpha value is -4.37. The first-order valence-electron chi connectivity index (χ1n) is 39.2. The Labute approximate surface area is 592 Å². The van der Waals surface area contributed by atoms with Crippen LogP contribution in [0.25, 0.3) is 0 Å². The summed E-state index contributed by atoms with van der Waals surface area (Å²) in [6.07, 6.45) is 112. The third-order valence-electron chi connectivity index (χ3n) is 16.6. The van der Waals surface area contributed by atoms with E-state index in [2.05, 4.69) is 172 Å². The summed E-state index contributed by atoms with van der Waals surface area (Å²) in [5.41, 5.74) is 0. The third-order valence-corrected chi connectivity index (χ3v) is 17.5. The lowest BCUT2D eigenvalue weighted by atomic mass is 10.0. The van der Waals surface area contributed by atoms with Crippen molar-refractivity contribution in [2.75, 3.05) is 47.5 Å². The van der Waals surface area contributed by atoms with E-state index in [0.717, 1.165) is 122 Å². The Balaban J connectivity index is 4.00. The van der Waals surface area contributed by atoms with Crippen LogP contribution in [-0.4, -0.2) is 74.9 Å². The van der Waals surface area contributed by atoms with Crippen molar-refractivity contribution in [1.82, 2.24) is 0 Å². The minimum absolute atomic E-state index is 0.0271. The van der Waals surface area contributed by atoms with Gasteiger partial charge in [0.25, 0.3) is 0 Å². The summed E-state index contributed by atoms with van der Waals surface area (Å²) in [6, 6.07) is 0. The van der Waals surface area contributed by atoms with Crippen molar-refractivity contribution in [3.63, 3.8) is 0 Å². The Bertz CT molecular complexity index is 2180. The van der Waals surface area contributed by atoms with Crippen LogP contribution in [-0.2, 0) is 32.7 Å². The van der Waals surface area contributed by atoms with E-state index >= 15 is 0 Å². The van der Waals surface area contributed by atoms with Gasteiger partial charge in [-0.05, 0) is 122 Å². The molecule has 0 aliphatic carbocycles. The molecule has 10 heteroatoms. The highest BCUT2D eigenvalue weighted by Crippen LogP contribution is 2.43. The summed E-state index contributed by atoms with van der Waals surface area (Å²) in [7, 11) is 1.47. The molecule has 0 saturated heterocycles. The molecule has 96 heavy (non-hydrogen) atoms. The highest BCUT2D eigenvalue weighted by Gasteiger charge is 2.27. The topological polar surface area (TPSA) is 108 Å². The van der Waals surface area contributed by atoms with Gasteiger partial charge in [-0.15, -0.1) is 0 Å². The fourth-order valence-corrected chi connectivity index (χ4v) is 11.4. The lowest BCUT2D eigenvalue weighted by Crippen LogP contribution is -2.37. The van der Waals surface area contributed by atoms with Crippen LogP contribution in [0.1, 0.15) is 322 Å². The number of hydrogen-bond donors (Lipinski definition) is 1. The molecule has 548 valence electrons. The van der Waals surface area contributed by atoms with Crippen molar-refractivity contribution in [3.8, 4) is 0 Å². The minimum Gasteiger partial charge on any atom is -0.462 e. The second-order valence-corrected chi connectivity index (χ2v) is 28.4. The maximum Gasteiger partial charge on any atom is 0.472 e. The minimum atomic E-state index is -4.40. The van der Waals surface area contributed by atoms with Gasteiger partial charge < -0.3 is 18.9 Å². The van der Waals surface area contributed by atoms with Gasteiger partial charge in [0, 0.05) is 12.8 Å². The van der Waals surface area contributed by atoms with Gasteiger partial charge in [0.15, 0.2) is 6.10 Å². The maximum absolute atomic E-state index is 12.9. The number of rotatable bonds is 71. The molecule has 0 rings (SSSR count). The van der Waals surface area contributed by atoms with Gasteiger partial charge in [0.1, 0.15) is 19.8 Å². The number of phosphoric ester groups is 1. The van der Waals surface area contributed by atoms with Crippen molar-refractivity contribution in [1.29, 1.82) is 0 Å². The number of hydrogen-bond acceptors (Lipinski definition) is 7. The standard InChI is InChI=1S/C86H146NO8P/c1-6-8-10-12-14-16-18-20-22-24-26-28-30-32-34-36-38-39-40-41-42-43-44-45-46-47-49-51-53-55-57-59-61-63-65-67-69-71-73-75-77-79-86(89)95-84(83-94-96(90,91)93-81-80-87(3,4)5)82-92-85(88)78-76-74-72-70-68-66-64-62-60-58-56-54-52-50-48-37-35-33-31-29-27-25-23-21-19-17-15-13-11-9-7-2/h8-11,14-17,20-23,26-29,32-35,38-39,41-42,44-45,84H,6-7,12-13,18-19,24-25,30-31,36-37,40,43,46-83H2,1-5H3/p+1/b10-8-,11-9-,16-14-,17-15-,22-20-,23-21-,28-26-,29-27-,34-32-,35-33-,39-38-,42-41-,45-44-. The fraction of sp³-hybridized carbons (Fsp3) is 0.674. The molecule has 0 aliphatic rings. The molecule has 1 N–H and O–H groups in total. The van der Waals surface area contributed by atoms with Crippen LogP contribution in [0.3, 0.4) is 0 Å². The van der Waals surface area contributed by atoms with Crippen LogP contribution in [0.5, 0.6) is 0 Å². The predicted octanol–water partition coefficient (Wildman–Crippen LogP) is 26.3. The van der Waals surface area contributed by atoms with Gasteiger partial charge in [-0.2, -0.15) is 0 Å². The van der Waals surface area contributed by atoms with E-state index in [0.29, 0.717) is 17.4 Å². The Kier molecular flexibility index (Phi) is 71.4.